The van der Waals surface area contributed by atoms with Crippen molar-refractivity contribution in [1.82, 2.24) is 15.1 Å². The number of aryl methyl sites for hydroxylation is 1. The van der Waals surface area contributed by atoms with Crippen LogP contribution in [0.3, 0.4) is 0 Å². The van der Waals surface area contributed by atoms with E-state index in [0.29, 0.717) is 5.92 Å². The summed E-state index contributed by atoms with van der Waals surface area (Å²) >= 11 is 0. The molecule has 0 saturated carbocycles. The Morgan fingerprint density at radius 2 is 2.31 bits per heavy atom. The first-order chi connectivity index (χ1) is 7.36. The number of nitrogens with zero attached hydrogens (tertiary/aromatic N) is 2. The fraction of sp³-hybridized carbons (Fsp3) is 0.417. The van der Waals surface area contributed by atoms with E-state index < -0.39 is 0 Å². The molecule has 16 heavy (non-hydrogen) atoms. The van der Waals surface area contributed by atoms with Gasteiger partial charge in [-0.05, 0) is 30.5 Å². The van der Waals surface area contributed by atoms with Crippen LogP contribution in [0.25, 0.3) is 10.9 Å². The van der Waals surface area contributed by atoms with Gasteiger partial charge in [-0.25, -0.2) is 0 Å². The largest absolute Gasteiger partial charge is 0.316 e. The highest BCUT2D eigenvalue weighted by Crippen LogP contribution is 2.28. The third kappa shape index (κ3) is 1.70. The molecule has 0 bridgehead atoms. The van der Waals surface area contributed by atoms with Gasteiger partial charge in [0.25, 0.3) is 0 Å². The fourth-order valence-electron chi connectivity index (χ4n) is 2.48. The van der Waals surface area contributed by atoms with Gasteiger partial charge in [0.1, 0.15) is 0 Å². The van der Waals surface area contributed by atoms with Crippen molar-refractivity contribution >= 4 is 23.3 Å². The van der Waals surface area contributed by atoms with Crippen LogP contribution in [0.1, 0.15) is 17.9 Å². The summed E-state index contributed by atoms with van der Waals surface area (Å²) in [5.41, 5.74) is 2.69. The van der Waals surface area contributed by atoms with Crippen molar-refractivity contribution in [3.63, 3.8) is 0 Å². The molecule has 1 atom stereocenters. The Kier molecular flexibility index (Phi) is 3.17. The van der Waals surface area contributed by atoms with Gasteiger partial charge >= 0.3 is 0 Å². The van der Waals surface area contributed by atoms with E-state index in [2.05, 4.69) is 28.6 Å². The van der Waals surface area contributed by atoms with Crippen LogP contribution in [0.2, 0.25) is 0 Å². The van der Waals surface area contributed by atoms with Gasteiger partial charge in [0.05, 0.1) is 11.7 Å². The highest BCUT2D eigenvalue weighted by molar-refractivity contribution is 5.85. The van der Waals surface area contributed by atoms with Gasteiger partial charge in [-0.2, -0.15) is 5.10 Å². The molecule has 3 rings (SSSR count). The second kappa shape index (κ2) is 4.44. The lowest BCUT2D eigenvalue weighted by atomic mass is 9.95. The van der Waals surface area contributed by atoms with Crippen LogP contribution in [-0.4, -0.2) is 22.9 Å². The van der Waals surface area contributed by atoms with Crippen molar-refractivity contribution in [3.05, 3.63) is 30.0 Å². The first-order valence-electron chi connectivity index (χ1n) is 5.47. The normalized spacial score (nSPS) is 19.9. The van der Waals surface area contributed by atoms with Crippen molar-refractivity contribution in [3.8, 4) is 0 Å². The Bertz CT molecular complexity index is 486. The number of aromatic nitrogens is 2. The second-order valence-electron chi connectivity index (χ2n) is 4.24. The molecular weight excluding hydrogens is 222 g/mol. The molecule has 86 valence electrons. The van der Waals surface area contributed by atoms with Gasteiger partial charge < -0.3 is 5.32 Å². The van der Waals surface area contributed by atoms with E-state index in [4.69, 9.17) is 0 Å². The maximum atomic E-state index is 4.32. The van der Waals surface area contributed by atoms with E-state index in [-0.39, 0.29) is 12.4 Å². The summed E-state index contributed by atoms with van der Waals surface area (Å²) in [6.07, 6.45) is 3.23. The van der Waals surface area contributed by atoms with Crippen molar-refractivity contribution in [2.24, 2.45) is 7.05 Å². The summed E-state index contributed by atoms with van der Waals surface area (Å²) in [5, 5.41) is 9.05. The van der Waals surface area contributed by atoms with Crippen LogP contribution >= 0.6 is 12.4 Å². The lowest BCUT2D eigenvalue weighted by molar-refractivity contribution is 0.770. The van der Waals surface area contributed by atoms with Crippen LogP contribution in [0, 0.1) is 0 Å². The van der Waals surface area contributed by atoms with Crippen LogP contribution in [-0.2, 0) is 7.05 Å². The molecule has 3 nitrogen and oxygen atoms in total. The molecule has 1 aromatic carbocycles. The van der Waals surface area contributed by atoms with E-state index in [1.807, 2.05) is 17.9 Å². The Morgan fingerprint density at radius 3 is 3.06 bits per heavy atom. The topological polar surface area (TPSA) is 29.9 Å². The molecule has 0 aliphatic carbocycles. The van der Waals surface area contributed by atoms with Gasteiger partial charge in [0.2, 0.25) is 0 Å². The standard InChI is InChI=1S/C12H15N3.ClH/c1-15-12-4-2-3-10(11(12)8-14-15)9-5-6-13-7-9;/h2-4,8-9,13H,5-7H2,1H3;1H. The van der Waals surface area contributed by atoms with Gasteiger partial charge in [0, 0.05) is 19.0 Å². The summed E-state index contributed by atoms with van der Waals surface area (Å²) in [5.74, 6) is 0.665. The Morgan fingerprint density at radius 1 is 1.44 bits per heavy atom. The smallest absolute Gasteiger partial charge is 0.0681 e. The van der Waals surface area contributed by atoms with E-state index >= 15 is 0 Å². The maximum absolute atomic E-state index is 4.32. The predicted molar refractivity (Wildman–Crippen MR) is 68.2 cm³/mol. The lowest BCUT2D eigenvalue weighted by Gasteiger charge is -2.09. The first kappa shape index (κ1) is 11.4. The molecule has 0 spiro atoms. The Balaban J connectivity index is 0.000000963. The van der Waals surface area contributed by atoms with Gasteiger partial charge in [-0.15, -0.1) is 12.4 Å². The summed E-state index contributed by atoms with van der Waals surface area (Å²) in [6.45, 7) is 2.25. The zero-order valence-electron chi connectivity index (χ0n) is 9.31. The van der Waals surface area contributed by atoms with Crippen molar-refractivity contribution in [1.29, 1.82) is 0 Å². The highest BCUT2D eigenvalue weighted by Gasteiger charge is 2.19. The van der Waals surface area contributed by atoms with E-state index in [1.54, 1.807) is 0 Å². The molecule has 4 heteroatoms. The molecule has 1 aliphatic rings. The molecule has 1 aromatic heterocycles. The Labute approximate surface area is 101 Å². The average molecular weight is 238 g/mol. The molecule has 1 saturated heterocycles. The number of halogens is 1. The SMILES string of the molecule is Cl.Cn1ncc2c(C3CCNC3)cccc21. The molecule has 2 heterocycles. The number of hydrogen-bond acceptors (Lipinski definition) is 2. The summed E-state index contributed by atoms with van der Waals surface area (Å²) in [7, 11) is 2.00. The van der Waals surface area contributed by atoms with Crippen LogP contribution < -0.4 is 5.32 Å². The minimum atomic E-state index is 0. The third-order valence-electron chi connectivity index (χ3n) is 3.33. The van der Waals surface area contributed by atoms with E-state index in [0.717, 1.165) is 13.1 Å². The van der Waals surface area contributed by atoms with Crippen molar-refractivity contribution in [2.75, 3.05) is 13.1 Å². The molecule has 1 fully saturated rings. The van der Waals surface area contributed by atoms with Gasteiger partial charge in [-0.3, -0.25) is 4.68 Å². The third-order valence-corrected chi connectivity index (χ3v) is 3.33. The van der Waals surface area contributed by atoms with Crippen molar-refractivity contribution < 1.29 is 0 Å². The zero-order valence-corrected chi connectivity index (χ0v) is 10.1. The van der Waals surface area contributed by atoms with Gasteiger partial charge in [-0.1, -0.05) is 12.1 Å². The molecule has 0 radical (unpaired) electrons. The minimum absolute atomic E-state index is 0. The van der Waals surface area contributed by atoms with Crippen molar-refractivity contribution in [2.45, 2.75) is 12.3 Å². The fourth-order valence-corrected chi connectivity index (χ4v) is 2.48. The minimum Gasteiger partial charge on any atom is -0.316 e. The monoisotopic (exact) mass is 237 g/mol. The Hall–Kier alpha value is -1.06. The number of benzene rings is 1. The number of fused-ring (bicyclic) bond motifs is 1. The summed E-state index contributed by atoms with van der Waals surface area (Å²) in [4.78, 5) is 0. The van der Waals surface area contributed by atoms with Crippen LogP contribution in [0.5, 0.6) is 0 Å². The molecular formula is C12H16ClN3. The molecule has 1 aliphatic heterocycles. The van der Waals surface area contributed by atoms with E-state index in [1.165, 1.54) is 22.9 Å². The number of rotatable bonds is 1. The number of nitrogens with one attached hydrogen (secondary N) is 1. The first-order valence-corrected chi connectivity index (χ1v) is 5.47. The summed E-state index contributed by atoms with van der Waals surface area (Å²) < 4.78 is 1.95. The maximum Gasteiger partial charge on any atom is 0.0681 e. The summed E-state index contributed by atoms with van der Waals surface area (Å²) in [6, 6.07) is 6.51. The second-order valence-corrected chi connectivity index (χ2v) is 4.24. The van der Waals surface area contributed by atoms with Crippen LogP contribution in [0.15, 0.2) is 24.4 Å². The van der Waals surface area contributed by atoms with E-state index in [9.17, 15) is 0 Å². The quantitative estimate of drug-likeness (QED) is 0.823. The predicted octanol–water partition coefficient (Wildman–Crippen LogP) is 2.07. The highest BCUT2D eigenvalue weighted by atomic mass is 35.5. The zero-order chi connectivity index (χ0) is 10.3. The molecule has 2 aromatic rings. The molecule has 1 unspecified atom stereocenters. The molecule has 1 N–H and O–H groups in total. The average Bonchev–Trinajstić information content (AvgIpc) is 2.88. The lowest BCUT2D eigenvalue weighted by Crippen LogP contribution is -2.08. The van der Waals surface area contributed by atoms with Crippen LogP contribution in [0.4, 0.5) is 0 Å². The number of hydrogen-bond donors (Lipinski definition) is 1. The molecule has 0 amide bonds. The van der Waals surface area contributed by atoms with Gasteiger partial charge in [0.15, 0.2) is 0 Å².